The van der Waals surface area contributed by atoms with Crippen molar-refractivity contribution in [2.45, 2.75) is 25.9 Å². The van der Waals surface area contributed by atoms with Crippen LogP contribution < -0.4 is 4.74 Å². The van der Waals surface area contributed by atoms with Gasteiger partial charge in [0, 0.05) is 17.6 Å². The second-order valence-electron chi connectivity index (χ2n) is 4.21. The third-order valence-electron chi connectivity index (χ3n) is 3.08. The van der Waals surface area contributed by atoms with Gasteiger partial charge in [-0.15, -0.1) is 0 Å². The van der Waals surface area contributed by atoms with E-state index in [0.717, 1.165) is 42.7 Å². The van der Waals surface area contributed by atoms with Crippen molar-refractivity contribution in [1.82, 2.24) is 4.90 Å². The summed E-state index contributed by atoms with van der Waals surface area (Å²) < 4.78 is 7.05. The average Bonchev–Trinajstić information content (AvgIpc) is 2.30. The Kier molecular flexibility index (Phi) is 4.24. The van der Waals surface area contributed by atoms with Crippen LogP contribution in [-0.2, 0) is 0 Å². The summed E-state index contributed by atoms with van der Waals surface area (Å²) in [5.41, 5.74) is 0. The van der Waals surface area contributed by atoms with Crippen molar-refractivity contribution in [2.24, 2.45) is 0 Å². The first-order chi connectivity index (χ1) is 7.78. The zero-order valence-electron chi connectivity index (χ0n) is 9.66. The molecule has 0 atom stereocenters. The maximum atomic E-state index is 5.97. The highest BCUT2D eigenvalue weighted by Crippen LogP contribution is 2.22. The predicted molar refractivity (Wildman–Crippen MR) is 69.9 cm³/mol. The van der Waals surface area contributed by atoms with Crippen LogP contribution in [0.15, 0.2) is 28.7 Å². The van der Waals surface area contributed by atoms with Crippen LogP contribution in [0.4, 0.5) is 0 Å². The molecule has 0 radical (unpaired) electrons. The van der Waals surface area contributed by atoms with Crippen LogP contribution in [-0.4, -0.2) is 30.6 Å². The van der Waals surface area contributed by atoms with E-state index in [9.17, 15) is 0 Å². The number of rotatable bonds is 3. The summed E-state index contributed by atoms with van der Waals surface area (Å²) >= 11 is 3.46. The van der Waals surface area contributed by atoms with Crippen molar-refractivity contribution in [3.8, 4) is 5.75 Å². The third-order valence-corrected chi connectivity index (χ3v) is 3.57. The second-order valence-corrected chi connectivity index (χ2v) is 5.12. The molecule has 1 heterocycles. The second kappa shape index (κ2) is 5.69. The Hall–Kier alpha value is -0.540. The smallest absolute Gasteiger partial charge is 0.120 e. The number of hydrogen-bond acceptors (Lipinski definition) is 2. The van der Waals surface area contributed by atoms with Crippen molar-refractivity contribution in [2.75, 3.05) is 19.6 Å². The normalized spacial score (nSPS) is 18.6. The topological polar surface area (TPSA) is 12.5 Å². The molecule has 1 saturated heterocycles. The Morgan fingerprint density at radius 2 is 2.12 bits per heavy atom. The van der Waals surface area contributed by atoms with E-state index in [4.69, 9.17) is 4.74 Å². The fourth-order valence-corrected chi connectivity index (χ4v) is 2.45. The molecule has 0 unspecified atom stereocenters. The number of halogens is 1. The molecule has 3 heteroatoms. The molecule has 1 fully saturated rings. The standard InChI is InChI=1S/C13H18BrNO/c1-2-15-8-6-12(7-9-15)16-13-5-3-4-11(14)10-13/h3-5,10,12H,2,6-9H2,1H3. The molecule has 1 aromatic carbocycles. The van der Waals surface area contributed by atoms with Gasteiger partial charge in [-0.2, -0.15) is 0 Å². The van der Waals surface area contributed by atoms with Gasteiger partial charge < -0.3 is 9.64 Å². The Morgan fingerprint density at radius 1 is 1.38 bits per heavy atom. The molecule has 1 aromatic rings. The first-order valence-electron chi connectivity index (χ1n) is 5.92. The van der Waals surface area contributed by atoms with Crippen molar-refractivity contribution >= 4 is 15.9 Å². The van der Waals surface area contributed by atoms with Crippen LogP contribution in [0.5, 0.6) is 5.75 Å². The Labute approximate surface area is 106 Å². The fourth-order valence-electron chi connectivity index (χ4n) is 2.08. The lowest BCUT2D eigenvalue weighted by molar-refractivity contribution is 0.104. The number of benzene rings is 1. The molecule has 2 nitrogen and oxygen atoms in total. The zero-order chi connectivity index (χ0) is 11.4. The SMILES string of the molecule is CCN1CCC(Oc2cccc(Br)c2)CC1. The molecule has 1 aliphatic heterocycles. The summed E-state index contributed by atoms with van der Waals surface area (Å²) in [5, 5.41) is 0. The van der Waals surface area contributed by atoms with Gasteiger partial charge in [-0.05, 0) is 37.6 Å². The van der Waals surface area contributed by atoms with Crippen LogP contribution in [0.3, 0.4) is 0 Å². The summed E-state index contributed by atoms with van der Waals surface area (Å²) in [6, 6.07) is 8.09. The van der Waals surface area contributed by atoms with E-state index < -0.39 is 0 Å². The van der Waals surface area contributed by atoms with Gasteiger partial charge in [0.15, 0.2) is 0 Å². The zero-order valence-corrected chi connectivity index (χ0v) is 11.2. The summed E-state index contributed by atoms with van der Waals surface area (Å²) in [5.74, 6) is 0.976. The van der Waals surface area contributed by atoms with Crippen LogP contribution in [0, 0.1) is 0 Å². The molecule has 0 saturated carbocycles. The van der Waals surface area contributed by atoms with Crippen LogP contribution in [0.25, 0.3) is 0 Å². The Bertz CT molecular complexity index is 334. The number of piperidine rings is 1. The fraction of sp³-hybridized carbons (Fsp3) is 0.538. The summed E-state index contributed by atoms with van der Waals surface area (Å²) in [4.78, 5) is 2.47. The highest BCUT2D eigenvalue weighted by atomic mass is 79.9. The van der Waals surface area contributed by atoms with E-state index in [1.54, 1.807) is 0 Å². The number of hydrogen-bond donors (Lipinski definition) is 0. The molecule has 1 aliphatic rings. The molecule has 2 rings (SSSR count). The molecular weight excluding hydrogens is 266 g/mol. The van der Waals surface area contributed by atoms with Gasteiger partial charge in [-0.1, -0.05) is 28.9 Å². The van der Waals surface area contributed by atoms with Crippen molar-refractivity contribution in [1.29, 1.82) is 0 Å². The van der Waals surface area contributed by atoms with E-state index in [1.165, 1.54) is 0 Å². The minimum absolute atomic E-state index is 0.386. The van der Waals surface area contributed by atoms with Gasteiger partial charge in [0.1, 0.15) is 11.9 Å². The highest BCUT2D eigenvalue weighted by Gasteiger charge is 2.19. The average molecular weight is 284 g/mol. The molecule has 0 aromatic heterocycles. The van der Waals surface area contributed by atoms with E-state index in [-0.39, 0.29) is 0 Å². The molecule has 88 valence electrons. The number of nitrogens with zero attached hydrogens (tertiary/aromatic N) is 1. The maximum Gasteiger partial charge on any atom is 0.120 e. The monoisotopic (exact) mass is 283 g/mol. The quantitative estimate of drug-likeness (QED) is 0.844. The van der Waals surface area contributed by atoms with E-state index in [1.807, 2.05) is 24.3 Å². The van der Waals surface area contributed by atoms with Gasteiger partial charge in [0.2, 0.25) is 0 Å². The Morgan fingerprint density at radius 3 is 2.75 bits per heavy atom. The van der Waals surface area contributed by atoms with Crippen LogP contribution in [0.2, 0.25) is 0 Å². The first-order valence-corrected chi connectivity index (χ1v) is 6.72. The lowest BCUT2D eigenvalue weighted by Gasteiger charge is -2.31. The molecule has 0 amide bonds. The van der Waals surface area contributed by atoms with Crippen molar-refractivity contribution in [3.63, 3.8) is 0 Å². The molecule has 0 aliphatic carbocycles. The van der Waals surface area contributed by atoms with Crippen LogP contribution in [0.1, 0.15) is 19.8 Å². The van der Waals surface area contributed by atoms with Gasteiger partial charge in [0.25, 0.3) is 0 Å². The molecule has 0 spiro atoms. The summed E-state index contributed by atoms with van der Waals surface area (Å²) in [6.45, 7) is 5.70. The van der Waals surface area contributed by atoms with E-state index >= 15 is 0 Å². The van der Waals surface area contributed by atoms with Gasteiger partial charge in [-0.25, -0.2) is 0 Å². The van der Waals surface area contributed by atoms with Gasteiger partial charge in [-0.3, -0.25) is 0 Å². The third kappa shape index (κ3) is 3.22. The number of ether oxygens (including phenoxy) is 1. The molecule has 16 heavy (non-hydrogen) atoms. The minimum Gasteiger partial charge on any atom is -0.490 e. The lowest BCUT2D eigenvalue weighted by Crippen LogP contribution is -2.37. The van der Waals surface area contributed by atoms with Gasteiger partial charge >= 0.3 is 0 Å². The summed E-state index contributed by atoms with van der Waals surface area (Å²) in [7, 11) is 0. The first kappa shape index (κ1) is 11.9. The Balaban J connectivity index is 1.87. The molecule has 0 bridgehead atoms. The summed E-state index contributed by atoms with van der Waals surface area (Å²) in [6.07, 6.45) is 2.66. The minimum atomic E-state index is 0.386. The maximum absolute atomic E-state index is 5.97. The lowest BCUT2D eigenvalue weighted by atomic mass is 10.1. The van der Waals surface area contributed by atoms with Gasteiger partial charge in [0.05, 0.1) is 0 Å². The molecule has 0 N–H and O–H groups in total. The molecular formula is C13H18BrNO. The highest BCUT2D eigenvalue weighted by molar-refractivity contribution is 9.10. The van der Waals surface area contributed by atoms with E-state index in [0.29, 0.717) is 6.10 Å². The largest absolute Gasteiger partial charge is 0.490 e. The van der Waals surface area contributed by atoms with Crippen molar-refractivity contribution < 1.29 is 4.74 Å². The van der Waals surface area contributed by atoms with Crippen LogP contribution >= 0.6 is 15.9 Å². The number of likely N-dealkylation sites (tertiary alicyclic amines) is 1. The van der Waals surface area contributed by atoms with Crippen molar-refractivity contribution in [3.05, 3.63) is 28.7 Å². The predicted octanol–water partition coefficient (Wildman–Crippen LogP) is 3.31. The van der Waals surface area contributed by atoms with E-state index in [2.05, 4.69) is 27.8 Å².